The van der Waals surface area contributed by atoms with Crippen molar-refractivity contribution in [3.8, 4) is 5.75 Å². The number of methoxy groups -OCH3 is 1. The standard InChI is InChI=1S/C13H20N2O3S/c1-10-8-12(18-3)9-11(2)13(10)19(16,17)15-7-5-4-6-14/h4-5,8-9,15H,6-7,14H2,1-3H3/b5-4+. The van der Waals surface area contributed by atoms with Crippen LogP contribution in [0.15, 0.2) is 29.2 Å². The van der Waals surface area contributed by atoms with Crippen LogP contribution in [0, 0.1) is 13.8 Å². The number of hydrogen-bond donors (Lipinski definition) is 2. The fourth-order valence-corrected chi connectivity index (χ4v) is 3.29. The van der Waals surface area contributed by atoms with Crippen molar-refractivity contribution in [2.75, 3.05) is 20.2 Å². The normalized spacial score (nSPS) is 12.0. The number of ether oxygens (including phenoxy) is 1. The smallest absolute Gasteiger partial charge is 0.241 e. The lowest BCUT2D eigenvalue weighted by molar-refractivity contribution is 0.413. The van der Waals surface area contributed by atoms with Crippen LogP contribution in [0.25, 0.3) is 0 Å². The minimum Gasteiger partial charge on any atom is -0.497 e. The molecule has 0 spiro atoms. The van der Waals surface area contributed by atoms with Crippen molar-refractivity contribution in [2.45, 2.75) is 18.7 Å². The van der Waals surface area contributed by atoms with E-state index in [0.717, 1.165) is 0 Å². The number of nitrogens with two attached hydrogens (primary N) is 1. The zero-order chi connectivity index (χ0) is 14.5. The summed E-state index contributed by atoms with van der Waals surface area (Å²) in [6.45, 7) is 4.12. The maximum Gasteiger partial charge on any atom is 0.241 e. The van der Waals surface area contributed by atoms with Crippen molar-refractivity contribution >= 4 is 10.0 Å². The van der Waals surface area contributed by atoms with Crippen molar-refractivity contribution < 1.29 is 13.2 Å². The van der Waals surface area contributed by atoms with Gasteiger partial charge in [0.25, 0.3) is 0 Å². The molecule has 1 aromatic carbocycles. The average molecular weight is 284 g/mol. The number of nitrogens with one attached hydrogen (secondary N) is 1. The summed E-state index contributed by atoms with van der Waals surface area (Å²) in [5.74, 6) is 0.650. The molecule has 5 nitrogen and oxygen atoms in total. The van der Waals surface area contributed by atoms with Gasteiger partial charge in [0.2, 0.25) is 10.0 Å². The molecule has 0 fully saturated rings. The summed E-state index contributed by atoms with van der Waals surface area (Å²) in [4.78, 5) is 0.300. The van der Waals surface area contributed by atoms with Crippen molar-refractivity contribution in [3.05, 3.63) is 35.4 Å². The summed E-state index contributed by atoms with van der Waals surface area (Å²) in [5, 5.41) is 0. The van der Waals surface area contributed by atoms with Crippen LogP contribution in [0.4, 0.5) is 0 Å². The van der Waals surface area contributed by atoms with Crippen LogP contribution in [-0.4, -0.2) is 28.6 Å². The Bertz CT molecular complexity index is 542. The molecular formula is C13H20N2O3S. The summed E-state index contributed by atoms with van der Waals surface area (Å²) in [5.41, 5.74) is 6.61. The van der Waals surface area contributed by atoms with Crippen LogP contribution in [0.5, 0.6) is 5.75 Å². The Morgan fingerprint density at radius 3 is 2.32 bits per heavy atom. The first-order valence-electron chi connectivity index (χ1n) is 5.92. The van der Waals surface area contributed by atoms with E-state index < -0.39 is 10.0 Å². The molecule has 0 unspecified atom stereocenters. The Labute approximate surface area is 114 Å². The van der Waals surface area contributed by atoms with Crippen molar-refractivity contribution in [1.82, 2.24) is 4.72 Å². The van der Waals surface area contributed by atoms with Gasteiger partial charge in [0, 0.05) is 13.1 Å². The predicted octanol–water partition coefficient (Wildman–Crippen LogP) is 1.11. The molecule has 3 N–H and O–H groups in total. The highest BCUT2D eigenvalue weighted by Gasteiger charge is 2.19. The predicted molar refractivity (Wildman–Crippen MR) is 75.9 cm³/mol. The SMILES string of the molecule is COc1cc(C)c(S(=O)(=O)NC/C=C/CN)c(C)c1. The molecule has 0 atom stereocenters. The molecule has 0 aromatic heterocycles. The molecule has 1 rings (SSSR count). The second kappa shape index (κ2) is 6.70. The summed E-state index contributed by atoms with van der Waals surface area (Å²) >= 11 is 0. The maximum absolute atomic E-state index is 12.2. The lowest BCUT2D eigenvalue weighted by Crippen LogP contribution is -2.25. The zero-order valence-corrected chi connectivity index (χ0v) is 12.3. The zero-order valence-electron chi connectivity index (χ0n) is 11.4. The van der Waals surface area contributed by atoms with Gasteiger partial charge in [-0.3, -0.25) is 0 Å². The van der Waals surface area contributed by atoms with E-state index >= 15 is 0 Å². The molecule has 0 amide bonds. The molecule has 0 saturated heterocycles. The Kier molecular flexibility index (Phi) is 5.53. The Hall–Kier alpha value is -1.37. The minimum absolute atomic E-state index is 0.227. The lowest BCUT2D eigenvalue weighted by atomic mass is 10.1. The largest absolute Gasteiger partial charge is 0.497 e. The molecule has 0 saturated carbocycles. The van der Waals surface area contributed by atoms with Crippen LogP contribution >= 0.6 is 0 Å². The van der Waals surface area contributed by atoms with Gasteiger partial charge < -0.3 is 10.5 Å². The van der Waals surface area contributed by atoms with Crippen LogP contribution in [0.3, 0.4) is 0 Å². The van der Waals surface area contributed by atoms with Gasteiger partial charge in [-0.25, -0.2) is 13.1 Å². The van der Waals surface area contributed by atoms with Gasteiger partial charge in [-0.2, -0.15) is 0 Å². The highest BCUT2D eigenvalue weighted by Crippen LogP contribution is 2.25. The number of hydrogen-bond acceptors (Lipinski definition) is 4. The third-order valence-electron chi connectivity index (χ3n) is 2.63. The van der Waals surface area contributed by atoms with Gasteiger partial charge in [0.1, 0.15) is 5.75 Å². The minimum atomic E-state index is -3.52. The Morgan fingerprint density at radius 1 is 1.26 bits per heavy atom. The number of aryl methyl sites for hydroxylation is 2. The molecule has 0 heterocycles. The van der Waals surface area contributed by atoms with E-state index in [1.807, 2.05) is 0 Å². The fraction of sp³-hybridized carbons (Fsp3) is 0.385. The Balaban J connectivity index is 3.05. The van der Waals surface area contributed by atoms with E-state index in [1.54, 1.807) is 45.2 Å². The molecule has 0 aliphatic carbocycles. The highest BCUT2D eigenvalue weighted by atomic mass is 32.2. The van der Waals surface area contributed by atoms with Crippen LogP contribution < -0.4 is 15.2 Å². The number of benzene rings is 1. The van der Waals surface area contributed by atoms with Gasteiger partial charge in [-0.1, -0.05) is 12.2 Å². The second-order valence-corrected chi connectivity index (χ2v) is 5.85. The third kappa shape index (κ3) is 4.05. The molecule has 106 valence electrons. The number of rotatable bonds is 6. The van der Waals surface area contributed by atoms with E-state index in [2.05, 4.69) is 4.72 Å². The first-order chi connectivity index (χ1) is 8.92. The average Bonchev–Trinajstić information content (AvgIpc) is 2.33. The second-order valence-electron chi connectivity index (χ2n) is 4.15. The van der Waals surface area contributed by atoms with Gasteiger partial charge in [0.05, 0.1) is 12.0 Å². The highest BCUT2D eigenvalue weighted by molar-refractivity contribution is 7.89. The molecule has 0 radical (unpaired) electrons. The molecule has 0 bridgehead atoms. The summed E-state index contributed by atoms with van der Waals surface area (Å²) in [7, 11) is -1.97. The first kappa shape index (κ1) is 15.7. The number of sulfonamides is 1. The van der Waals surface area contributed by atoms with E-state index in [4.69, 9.17) is 10.5 Å². The molecular weight excluding hydrogens is 264 g/mol. The van der Waals surface area contributed by atoms with Crippen molar-refractivity contribution in [2.24, 2.45) is 5.73 Å². The van der Waals surface area contributed by atoms with E-state index in [9.17, 15) is 8.42 Å². The molecule has 19 heavy (non-hydrogen) atoms. The molecule has 0 aliphatic rings. The first-order valence-corrected chi connectivity index (χ1v) is 7.40. The Morgan fingerprint density at radius 2 is 1.84 bits per heavy atom. The van der Waals surface area contributed by atoms with Gasteiger partial charge in [-0.05, 0) is 37.1 Å². The lowest BCUT2D eigenvalue weighted by Gasteiger charge is -2.13. The van der Waals surface area contributed by atoms with Crippen molar-refractivity contribution in [1.29, 1.82) is 0 Å². The van der Waals surface area contributed by atoms with E-state index in [1.165, 1.54) is 0 Å². The fourth-order valence-electron chi connectivity index (χ4n) is 1.86. The van der Waals surface area contributed by atoms with Crippen LogP contribution in [-0.2, 0) is 10.0 Å². The third-order valence-corrected chi connectivity index (χ3v) is 4.36. The summed E-state index contributed by atoms with van der Waals surface area (Å²) < 4.78 is 32.1. The summed E-state index contributed by atoms with van der Waals surface area (Å²) in [6.07, 6.45) is 3.39. The van der Waals surface area contributed by atoms with Crippen LogP contribution in [0.2, 0.25) is 0 Å². The van der Waals surface area contributed by atoms with Gasteiger partial charge in [0.15, 0.2) is 0 Å². The van der Waals surface area contributed by atoms with Crippen LogP contribution in [0.1, 0.15) is 11.1 Å². The maximum atomic E-state index is 12.2. The van der Waals surface area contributed by atoms with Crippen molar-refractivity contribution in [3.63, 3.8) is 0 Å². The monoisotopic (exact) mass is 284 g/mol. The quantitative estimate of drug-likeness (QED) is 0.767. The van der Waals surface area contributed by atoms with Gasteiger partial charge in [-0.15, -0.1) is 0 Å². The van der Waals surface area contributed by atoms with E-state index in [0.29, 0.717) is 28.3 Å². The topological polar surface area (TPSA) is 81.4 Å². The van der Waals surface area contributed by atoms with E-state index in [-0.39, 0.29) is 6.54 Å². The molecule has 6 heteroatoms. The molecule has 1 aromatic rings. The molecule has 0 aliphatic heterocycles. The van der Waals surface area contributed by atoms with Gasteiger partial charge >= 0.3 is 0 Å². The summed E-state index contributed by atoms with van der Waals surface area (Å²) in [6, 6.07) is 3.41.